The first-order valence-corrected chi connectivity index (χ1v) is 7.61. The minimum atomic E-state index is -4.11. The second kappa shape index (κ2) is 6.10. The molecule has 0 aliphatic heterocycles. The van der Waals surface area contributed by atoms with Crippen LogP contribution in [0, 0.1) is 11.6 Å². The number of sulfonamides is 1. The molecular weight excluding hydrogens is 314 g/mol. The third-order valence-electron chi connectivity index (χ3n) is 2.60. The maximum Gasteiger partial charge on any atom is 0.262 e. The summed E-state index contributed by atoms with van der Waals surface area (Å²) in [5, 5.41) is 2.53. The lowest BCUT2D eigenvalue weighted by atomic mass is 10.3. The molecule has 0 radical (unpaired) electrons. The zero-order valence-electron chi connectivity index (χ0n) is 11.4. The van der Waals surface area contributed by atoms with Crippen LogP contribution in [0.2, 0.25) is 0 Å². The minimum Gasteiger partial charge on any atom is -0.326 e. The van der Waals surface area contributed by atoms with Gasteiger partial charge in [-0.05, 0) is 36.4 Å². The monoisotopic (exact) mass is 326 g/mol. The third kappa shape index (κ3) is 4.01. The number of hydrogen-bond acceptors (Lipinski definition) is 3. The summed E-state index contributed by atoms with van der Waals surface area (Å²) in [7, 11) is -4.11. The van der Waals surface area contributed by atoms with Gasteiger partial charge in [0.05, 0.1) is 4.90 Å². The van der Waals surface area contributed by atoms with Crippen molar-refractivity contribution in [1.82, 2.24) is 0 Å². The molecule has 22 heavy (non-hydrogen) atoms. The molecule has 0 heterocycles. The minimum absolute atomic E-state index is 0.193. The lowest BCUT2D eigenvalue weighted by Crippen LogP contribution is -2.13. The van der Waals surface area contributed by atoms with Gasteiger partial charge in [-0.15, -0.1) is 0 Å². The number of carbonyl (C=O) groups excluding carboxylic acids is 1. The maximum atomic E-state index is 13.1. The highest BCUT2D eigenvalue weighted by Crippen LogP contribution is 2.20. The molecule has 116 valence electrons. The lowest BCUT2D eigenvalue weighted by Gasteiger charge is -2.09. The van der Waals surface area contributed by atoms with Gasteiger partial charge in [-0.25, -0.2) is 17.2 Å². The fraction of sp³-hybridized carbons (Fsp3) is 0.0714. The van der Waals surface area contributed by atoms with Crippen LogP contribution in [0.4, 0.5) is 20.2 Å². The van der Waals surface area contributed by atoms with E-state index in [2.05, 4.69) is 10.0 Å². The fourth-order valence-corrected chi connectivity index (χ4v) is 2.82. The first-order chi connectivity index (χ1) is 10.3. The summed E-state index contributed by atoms with van der Waals surface area (Å²) in [6.45, 7) is 1.34. The van der Waals surface area contributed by atoms with Gasteiger partial charge in [-0.2, -0.15) is 0 Å². The molecule has 0 saturated heterocycles. The predicted molar refractivity (Wildman–Crippen MR) is 77.9 cm³/mol. The smallest absolute Gasteiger partial charge is 0.262 e. The summed E-state index contributed by atoms with van der Waals surface area (Å²) < 4.78 is 52.5. The van der Waals surface area contributed by atoms with Crippen molar-refractivity contribution in [2.75, 3.05) is 10.0 Å². The molecule has 0 spiro atoms. The second-order valence-corrected chi connectivity index (χ2v) is 6.15. The molecule has 1 amide bonds. The summed E-state index contributed by atoms with van der Waals surface area (Å²) in [4.78, 5) is 10.4. The van der Waals surface area contributed by atoms with Gasteiger partial charge < -0.3 is 5.32 Å². The van der Waals surface area contributed by atoms with Crippen LogP contribution < -0.4 is 10.0 Å². The van der Waals surface area contributed by atoms with E-state index in [0.717, 1.165) is 12.1 Å². The van der Waals surface area contributed by atoms with Gasteiger partial charge in [0, 0.05) is 24.4 Å². The molecule has 0 bridgehead atoms. The van der Waals surface area contributed by atoms with Crippen molar-refractivity contribution < 1.29 is 22.0 Å². The van der Waals surface area contributed by atoms with Crippen LogP contribution in [-0.2, 0) is 14.8 Å². The van der Waals surface area contributed by atoms with E-state index >= 15 is 0 Å². The van der Waals surface area contributed by atoms with E-state index < -0.39 is 26.6 Å². The fourth-order valence-electron chi connectivity index (χ4n) is 1.72. The SMILES string of the molecule is CC(=O)Nc1ccc(NS(=O)(=O)c2cc(F)cc(F)c2)cc1. The van der Waals surface area contributed by atoms with E-state index in [-0.39, 0.29) is 11.6 Å². The van der Waals surface area contributed by atoms with Crippen molar-refractivity contribution >= 4 is 27.3 Å². The zero-order valence-corrected chi connectivity index (χ0v) is 12.2. The van der Waals surface area contributed by atoms with Gasteiger partial charge in [0.2, 0.25) is 5.91 Å². The summed E-state index contributed by atoms with van der Waals surface area (Å²) in [6, 6.07) is 7.84. The Hall–Kier alpha value is -2.48. The summed E-state index contributed by atoms with van der Waals surface area (Å²) in [6.07, 6.45) is 0. The molecule has 0 aliphatic carbocycles. The molecule has 2 aromatic rings. The van der Waals surface area contributed by atoms with E-state index in [4.69, 9.17) is 0 Å². The number of rotatable bonds is 4. The Kier molecular flexibility index (Phi) is 4.41. The lowest BCUT2D eigenvalue weighted by molar-refractivity contribution is -0.114. The molecule has 0 aromatic heterocycles. The van der Waals surface area contributed by atoms with Crippen molar-refractivity contribution in [2.45, 2.75) is 11.8 Å². The first kappa shape index (κ1) is 15.9. The Morgan fingerprint density at radius 3 is 1.95 bits per heavy atom. The van der Waals surface area contributed by atoms with Crippen LogP contribution in [0.5, 0.6) is 0 Å². The summed E-state index contributed by atoms with van der Waals surface area (Å²) >= 11 is 0. The molecular formula is C14H12F2N2O3S. The van der Waals surface area contributed by atoms with Crippen molar-refractivity contribution in [1.29, 1.82) is 0 Å². The molecule has 0 saturated carbocycles. The first-order valence-electron chi connectivity index (χ1n) is 6.13. The highest BCUT2D eigenvalue weighted by molar-refractivity contribution is 7.92. The molecule has 0 atom stereocenters. The third-order valence-corrected chi connectivity index (χ3v) is 3.96. The van der Waals surface area contributed by atoms with Gasteiger partial charge in [-0.3, -0.25) is 9.52 Å². The Bertz CT molecular complexity index is 785. The topological polar surface area (TPSA) is 75.3 Å². The average molecular weight is 326 g/mol. The molecule has 2 rings (SSSR count). The van der Waals surface area contributed by atoms with Crippen LogP contribution in [0.15, 0.2) is 47.4 Å². The number of halogens is 2. The highest BCUT2D eigenvalue weighted by Gasteiger charge is 2.16. The van der Waals surface area contributed by atoms with Gasteiger partial charge in [0.25, 0.3) is 10.0 Å². The maximum absolute atomic E-state index is 13.1. The van der Waals surface area contributed by atoms with Gasteiger partial charge >= 0.3 is 0 Å². The van der Waals surface area contributed by atoms with Gasteiger partial charge in [0.15, 0.2) is 0 Å². The van der Waals surface area contributed by atoms with Crippen LogP contribution in [-0.4, -0.2) is 14.3 Å². The Balaban J connectivity index is 2.23. The second-order valence-electron chi connectivity index (χ2n) is 4.47. The standard InChI is InChI=1S/C14H12F2N2O3S/c1-9(19)17-12-2-4-13(5-3-12)18-22(20,21)14-7-10(15)6-11(16)8-14/h2-8,18H,1H3,(H,17,19). The van der Waals surface area contributed by atoms with Crippen molar-refractivity contribution in [3.63, 3.8) is 0 Å². The quantitative estimate of drug-likeness (QED) is 0.907. The van der Waals surface area contributed by atoms with Crippen LogP contribution >= 0.6 is 0 Å². The van der Waals surface area contributed by atoms with Crippen molar-refractivity contribution in [2.24, 2.45) is 0 Å². The number of hydrogen-bond donors (Lipinski definition) is 2. The van der Waals surface area contributed by atoms with Crippen LogP contribution in [0.25, 0.3) is 0 Å². The number of carbonyl (C=O) groups is 1. The van der Waals surface area contributed by atoms with Crippen LogP contribution in [0.1, 0.15) is 6.92 Å². The predicted octanol–water partition coefficient (Wildman–Crippen LogP) is 2.72. The molecule has 2 N–H and O–H groups in total. The summed E-state index contributed by atoms with van der Waals surface area (Å²) in [5.41, 5.74) is 0.686. The molecule has 0 fully saturated rings. The number of nitrogens with one attached hydrogen (secondary N) is 2. The molecule has 2 aromatic carbocycles. The van der Waals surface area contributed by atoms with E-state index in [1.54, 1.807) is 0 Å². The average Bonchev–Trinajstić information content (AvgIpc) is 2.39. The molecule has 8 heteroatoms. The summed E-state index contributed by atoms with van der Waals surface area (Å²) in [5.74, 6) is -2.23. The van der Waals surface area contributed by atoms with Gasteiger partial charge in [-0.1, -0.05) is 0 Å². The highest BCUT2D eigenvalue weighted by atomic mass is 32.2. The van der Waals surface area contributed by atoms with E-state index in [1.165, 1.54) is 31.2 Å². The van der Waals surface area contributed by atoms with E-state index in [0.29, 0.717) is 11.8 Å². The molecule has 0 unspecified atom stereocenters. The van der Waals surface area contributed by atoms with Crippen LogP contribution in [0.3, 0.4) is 0 Å². The molecule has 0 aliphatic rings. The van der Waals surface area contributed by atoms with Crippen molar-refractivity contribution in [3.8, 4) is 0 Å². The number of benzene rings is 2. The number of amides is 1. The Morgan fingerprint density at radius 2 is 1.45 bits per heavy atom. The van der Waals surface area contributed by atoms with Gasteiger partial charge in [0.1, 0.15) is 11.6 Å². The normalized spacial score (nSPS) is 11.0. The molecule has 5 nitrogen and oxygen atoms in total. The largest absolute Gasteiger partial charge is 0.326 e. The van der Waals surface area contributed by atoms with Crippen molar-refractivity contribution in [3.05, 3.63) is 54.1 Å². The zero-order chi connectivity index (χ0) is 16.3. The Labute approximate surface area is 126 Å². The van der Waals surface area contributed by atoms with E-state index in [1.807, 2.05) is 0 Å². The van der Waals surface area contributed by atoms with E-state index in [9.17, 15) is 22.0 Å². The number of anilines is 2. The Morgan fingerprint density at radius 1 is 0.955 bits per heavy atom.